The van der Waals surface area contributed by atoms with Gasteiger partial charge < -0.3 is 9.42 Å². The molecule has 0 bridgehead atoms. The van der Waals surface area contributed by atoms with Crippen LogP contribution in [-0.2, 0) is 0 Å². The Bertz CT molecular complexity index is 392. The molecule has 4 nitrogen and oxygen atoms in total. The van der Waals surface area contributed by atoms with Crippen LogP contribution in [-0.4, -0.2) is 29.1 Å². The number of amides is 1. The second-order valence-electron chi connectivity index (χ2n) is 5.15. The molecule has 1 amide bonds. The van der Waals surface area contributed by atoms with Gasteiger partial charge >= 0.3 is 0 Å². The van der Waals surface area contributed by atoms with E-state index in [4.69, 9.17) is 4.52 Å². The SMILES string of the molecule is Cc1cc(C(=O)N(C)C2CCC(C)CC2)no1. The topological polar surface area (TPSA) is 46.3 Å². The van der Waals surface area contributed by atoms with Gasteiger partial charge in [0.05, 0.1) is 0 Å². The molecule has 17 heavy (non-hydrogen) atoms. The molecule has 4 heteroatoms. The van der Waals surface area contributed by atoms with E-state index in [1.165, 1.54) is 12.8 Å². The normalized spacial score (nSPS) is 24.6. The molecule has 0 N–H and O–H groups in total. The summed E-state index contributed by atoms with van der Waals surface area (Å²) in [6.07, 6.45) is 4.61. The standard InChI is InChI=1S/C13H20N2O2/c1-9-4-6-11(7-5-9)15(3)13(16)12-8-10(2)17-14-12/h8-9,11H,4-7H2,1-3H3. The molecule has 1 heterocycles. The molecule has 0 atom stereocenters. The van der Waals surface area contributed by atoms with E-state index in [2.05, 4.69) is 12.1 Å². The highest BCUT2D eigenvalue weighted by atomic mass is 16.5. The molecule has 1 aliphatic carbocycles. The van der Waals surface area contributed by atoms with Crippen LogP contribution in [0.2, 0.25) is 0 Å². The third kappa shape index (κ3) is 2.68. The smallest absolute Gasteiger partial charge is 0.276 e. The van der Waals surface area contributed by atoms with Gasteiger partial charge in [-0.05, 0) is 38.5 Å². The maximum absolute atomic E-state index is 12.1. The van der Waals surface area contributed by atoms with E-state index in [1.807, 2.05) is 11.9 Å². The van der Waals surface area contributed by atoms with Crippen LogP contribution in [0.15, 0.2) is 10.6 Å². The van der Waals surface area contributed by atoms with Crippen LogP contribution >= 0.6 is 0 Å². The van der Waals surface area contributed by atoms with Crippen molar-refractivity contribution in [3.05, 3.63) is 17.5 Å². The number of nitrogens with zero attached hydrogens (tertiary/aromatic N) is 2. The fourth-order valence-electron chi connectivity index (χ4n) is 2.44. The van der Waals surface area contributed by atoms with Crippen LogP contribution in [0.1, 0.15) is 48.9 Å². The zero-order valence-corrected chi connectivity index (χ0v) is 10.8. The van der Waals surface area contributed by atoms with Crippen LogP contribution in [0, 0.1) is 12.8 Å². The highest BCUT2D eigenvalue weighted by molar-refractivity contribution is 5.92. The van der Waals surface area contributed by atoms with Gasteiger partial charge in [-0.1, -0.05) is 12.1 Å². The molecule has 1 aliphatic rings. The molecule has 1 fully saturated rings. The first kappa shape index (κ1) is 12.1. The maximum Gasteiger partial charge on any atom is 0.276 e. The number of rotatable bonds is 2. The van der Waals surface area contributed by atoms with Gasteiger partial charge in [0.15, 0.2) is 5.69 Å². The number of aryl methyl sites for hydroxylation is 1. The van der Waals surface area contributed by atoms with Gasteiger partial charge in [0.25, 0.3) is 5.91 Å². The van der Waals surface area contributed by atoms with Gasteiger partial charge in [-0.15, -0.1) is 0 Å². The Hall–Kier alpha value is -1.32. The van der Waals surface area contributed by atoms with Crippen LogP contribution < -0.4 is 0 Å². The summed E-state index contributed by atoms with van der Waals surface area (Å²) in [7, 11) is 1.87. The third-order valence-electron chi connectivity index (χ3n) is 3.70. The lowest BCUT2D eigenvalue weighted by atomic mass is 9.86. The molecule has 0 radical (unpaired) electrons. The molecule has 94 valence electrons. The van der Waals surface area contributed by atoms with Crippen LogP contribution in [0.3, 0.4) is 0 Å². The molecule has 0 unspecified atom stereocenters. The highest BCUT2D eigenvalue weighted by Crippen LogP contribution is 2.27. The first-order chi connectivity index (χ1) is 8.08. The highest BCUT2D eigenvalue weighted by Gasteiger charge is 2.26. The Morgan fingerprint density at radius 1 is 1.41 bits per heavy atom. The Labute approximate surface area is 102 Å². The number of carbonyl (C=O) groups is 1. The monoisotopic (exact) mass is 236 g/mol. The van der Waals surface area contributed by atoms with Crippen molar-refractivity contribution in [2.45, 2.75) is 45.6 Å². The maximum atomic E-state index is 12.1. The molecule has 0 spiro atoms. The zero-order valence-electron chi connectivity index (χ0n) is 10.8. The van der Waals surface area contributed by atoms with Crippen LogP contribution in [0.25, 0.3) is 0 Å². The molecule has 1 aromatic rings. The molecule has 0 saturated heterocycles. The molecule has 1 saturated carbocycles. The van der Waals surface area contributed by atoms with Gasteiger partial charge in [0.2, 0.25) is 0 Å². The summed E-state index contributed by atoms with van der Waals surface area (Å²) in [5, 5.41) is 3.78. The lowest BCUT2D eigenvalue weighted by Gasteiger charge is -2.33. The van der Waals surface area contributed by atoms with E-state index in [0.29, 0.717) is 17.5 Å². The first-order valence-electron chi connectivity index (χ1n) is 6.28. The molecule has 1 aromatic heterocycles. The van der Waals surface area contributed by atoms with Crippen LogP contribution in [0.5, 0.6) is 0 Å². The van der Waals surface area contributed by atoms with Gasteiger partial charge in [-0.3, -0.25) is 4.79 Å². The summed E-state index contributed by atoms with van der Waals surface area (Å²) in [4.78, 5) is 14.0. The molecular weight excluding hydrogens is 216 g/mol. The molecule has 0 aromatic carbocycles. The van der Waals surface area contributed by atoms with Crippen molar-refractivity contribution in [2.24, 2.45) is 5.92 Å². The van der Waals surface area contributed by atoms with E-state index >= 15 is 0 Å². The average Bonchev–Trinajstić information content (AvgIpc) is 2.75. The Morgan fingerprint density at radius 2 is 2.06 bits per heavy atom. The largest absolute Gasteiger partial charge is 0.361 e. The predicted octanol–water partition coefficient (Wildman–Crippen LogP) is 2.63. The van der Waals surface area contributed by atoms with E-state index in [0.717, 1.165) is 18.8 Å². The van der Waals surface area contributed by atoms with Crippen molar-refractivity contribution in [3.8, 4) is 0 Å². The minimum Gasteiger partial charge on any atom is -0.361 e. The third-order valence-corrected chi connectivity index (χ3v) is 3.70. The fraction of sp³-hybridized carbons (Fsp3) is 0.692. The lowest BCUT2D eigenvalue weighted by Crippen LogP contribution is -2.39. The second kappa shape index (κ2) is 4.90. The van der Waals surface area contributed by atoms with Crippen molar-refractivity contribution in [1.82, 2.24) is 10.1 Å². The van der Waals surface area contributed by atoms with Gasteiger partial charge in [0.1, 0.15) is 5.76 Å². The molecule has 0 aliphatic heterocycles. The number of aromatic nitrogens is 1. The summed E-state index contributed by atoms with van der Waals surface area (Å²) >= 11 is 0. The summed E-state index contributed by atoms with van der Waals surface area (Å²) in [6, 6.07) is 2.06. The molecule has 2 rings (SSSR count). The number of carbonyl (C=O) groups excluding carboxylic acids is 1. The summed E-state index contributed by atoms with van der Waals surface area (Å²) in [5.41, 5.74) is 0.420. The van der Waals surface area contributed by atoms with E-state index in [1.54, 1.807) is 13.0 Å². The average molecular weight is 236 g/mol. The number of hydrogen-bond donors (Lipinski definition) is 0. The van der Waals surface area contributed by atoms with Gasteiger partial charge in [-0.25, -0.2) is 0 Å². The van der Waals surface area contributed by atoms with Crippen molar-refractivity contribution in [2.75, 3.05) is 7.05 Å². The van der Waals surface area contributed by atoms with E-state index in [-0.39, 0.29) is 5.91 Å². The van der Waals surface area contributed by atoms with Gasteiger partial charge in [-0.2, -0.15) is 0 Å². The van der Waals surface area contributed by atoms with Gasteiger partial charge in [0, 0.05) is 19.2 Å². The first-order valence-corrected chi connectivity index (χ1v) is 6.28. The minimum atomic E-state index is -0.0265. The van der Waals surface area contributed by atoms with E-state index < -0.39 is 0 Å². The molecular formula is C13H20N2O2. The minimum absolute atomic E-state index is 0.0265. The van der Waals surface area contributed by atoms with Crippen molar-refractivity contribution in [1.29, 1.82) is 0 Å². The Kier molecular flexibility index (Phi) is 3.50. The summed E-state index contributed by atoms with van der Waals surface area (Å²) < 4.78 is 4.94. The Balaban J connectivity index is 2.00. The second-order valence-corrected chi connectivity index (χ2v) is 5.15. The summed E-state index contributed by atoms with van der Waals surface area (Å²) in [6.45, 7) is 4.07. The van der Waals surface area contributed by atoms with Crippen LogP contribution in [0.4, 0.5) is 0 Å². The van der Waals surface area contributed by atoms with E-state index in [9.17, 15) is 4.79 Å². The predicted molar refractivity (Wildman–Crippen MR) is 64.8 cm³/mol. The van der Waals surface area contributed by atoms with Crippen molar-refractivity contribution >= 4 is 5.91 Å². The number of hydrogen-bond acceptors (Lipinski definition) is 3. The van der Waals surface area contributed by atoms with Crippen molar-refractivity contribution in [3.63, 3.8) is 0 Å². The fourth-order valence-corrected chi connectivity index (χ4v) is 2.44. The lowest BCUT2D eigenvalue weighted by molar-refractivity contribution is 0.0669. The summed E-state index contributed by atoms with van der Waals surface area (Å²) in [5.74, 6) is 1.45. The zero-order chi connectivity index (χ0) is 12.4. The van der Waals surface area contributed by atoms with Crippen molar-refractivity contribution < 1.29 is 9.32 Å². The quantitative estimate of drug-likeness (QED) is 0.793. The Morgan fingerprint density at radius 3 is 2.59 bits per heavy atom.